The SMILES string of the molecule is CNC(=O)CCn1c(C)nc2c1CCCC2. The van der Waals surface area contributed by atoms with Gasteiger partial charge in [0.1, 0.15) is 5.82 Å². The number of carbonyl (C=O) groups is 1. The van der Waals surface area contributed by atoms with Crippen molar-refractivity contribution in [2.24, 2.45) is 0 Å². The highest BCUT2D eigenvalue weighted by Crippen LogP contribution is 2.22. The third-order valence-corrected chi connectivity index (χ3v) is 3.26. The average molecular weight is 221 g/mol. The largest absolute Gasteiger partial charge is 0.359 e. The van der Waals surface area contributed by atoms with Gasteiger partial charge in [0.2, 0.25) is 5.91 Å². The number of hydrogen-bond donors (Lipinski definition) is 1. The van der Waals surface area contributed by atoms with E-state index in [2.05, 4.69) is 14.9 Å². The lowest BCUT2D eigenvalue weighted by molar-refractivity contribution is -0.120. The molecule has 0 saturated carbocycles. The molecular formula is C12H19N3O. The molecule has 0 aliphatic heterocycles. The zero-order valence-electron chi connectivity index (χ0n) is 10.0. The molecule has 0 spiro atoms. The van der Waals surface area contributed by atoms with E-state index in [4.69, 9.17) is 0 Å². The molecule has 88 valence electrons. The monoisotopic (exact) mass is 221 g/mol. The van der Waals surface area contributed by atoms with Crippen LogP contribution in [0.3, 0.4) is 0 Å². The number of imidazole rings is 1. The second-order valence-corrected chi connectivity index (χ2v) is 4.33. The molecule has 16 heavy (non-hydrogen) atoms. The number of rotatable bonds is 3. The van der Waals surface area contributed by atoms with Crippen molar-refractivity contribution >= 4 is 5.91 Å². The van der Waals surface area contributed by atoms with Crippen LogP contribution in [0.5, 0.6) is 0 Å². The van der Waals surface area contributed by atoms with E-state index < -0.39 is 0 Å². The van der Waals surface area contributed by atoms with Gasteiger partial charge < -0.3 is 9.88 Å². The number of aromatic nitrogens is 2. The highest BCUT2D eigenvalue weighted by molar-refractivity contribution is 5.75. The van der Waals surface area contributed by atoms with Crippen molar-refractivity contribution in [2.75, 3.05) is 7.05 Å². The van der Waals surface area contributed by atoms with E-state index in [1.807, 2.05) is 6.92 Å². The smallest absolute Gasteiger partial charge is 0.221 e. The summed E-state index contributed by atoms with van der Waals surface area (Å²) in [6.45, 7) is 2.79. The van der Waals surface area contributed by atoms with Gasteiger partial charge in [0.05, 0.1) is 5.69 Å². The Kier molecular flexibility index (Phi) is 3.27. The molecule has 0 saturated heterocycles. The van der Waals surface area contributed by atoms with E-state index in [0.717, 1.165) is 25.2 Å². The Balaban J connectivity index is 2.13. The number of nitrogens with zero attached hydrogens (tertiary/aromatic N) is 2. The van der Waals surface area contributed by atoms with E-state index in [9.17, 15) is 4.79 Å². The minimum atomic E-state index is 0.0951. The predicted octanol–water partition coefficient (Wildman–Crippen LogP) is 1.21. The van der Waals surface area contributed by atoms with E-state index in [-0.39, 0.29) is 5.91 Å². The molecule has 1 N–H and O–H groups in total. The summed E-state index contributed by atoms with van der Waals surface area (Å²) < 4.78 is 2.21. The normalized spacial score (nSPS) is 14.6. The van der Waals surface area contributed by atoms with Crippen molar-refractivity contribution in [1.82, 2.24) is 14.9 Å². The number of nitrogens with one attached hydrogen (secondary N) is 1. The fourth-order valence-electron chi connectivity index (χ4n) is 2.37. The molecule has 0 aromatic carbocycles. The molecular weight excluding hydrogens is 202 g/mol. The Bertz CT molecular complexity index is 395. The molecule has 1 heterocycles. The van der Waals surface area contributed by atoms with Crippen LogP contribution >= 0.6 is 0 Å². The molecule has 1 amide bonds. The van der Waals surface area contributed by atoms with Crippen LogP contribution in [0.1, 0.15) is 36.5 Å². The molecule has 1 aromatic heterocycles. The maximum Gasteiger partial charge on any atom is 0.221 e. The first-order chi connectivity index (χ1) is 7.72. The van der Waals surface area contributed by atoms with E-state index in [1.54, 1.807) is 7.05 Å². The van der Waals surface area contributed by atoms with Gasteiger partial charge in [-0.1, -0.05) is 0 Å². The van der Waals surface area contributed by atoms with Crippen LogP contribution < -0.4 is 5.32 Å². The molecule has 2 rings (SSSR count). The topological polar surface area (TPSA) is 46.9 Å². The number of carbonyl (C=O) groups excluding carboxylic acids is 1. The van der Waals surface area contributed by atoms with Crippen LogP contribution in [0.25, 0.3) is 0 Å². The van der Waals surface area contributed by atoms with Crippen LogP contribution in [-0.2, 0) is 24.2 Å². The Morgan fingerprint density at radius 3 is 2.94 bits per heavy atom. The fraction of sp³-hybridized carbons (Fsp3) is 0.667. The molecule has 4 heteroatoms. The third-order valence-electron chi connectivity index (χ3n) is 3.26. The van der Waals surface area contributed by atoms with Gasteiger partial charge in [-0.15, -0.1) is 0 Å². The summed E-state index contributed by atoms with van der Waals surface area (Å²) in [5.41, 5.74) is 2.60. The summed E-state index contributed by atoms with van der Waals surface area (Å²) in [4.78, 5) is 15.8. The van der Waals surface area contributed by atoms with Crippen LogP contribution in [0.2, 0.25) is 0 Å². The second kappa shape index (κ2) is 4.68. The van der Waals surface area contributed by atoms with Crippen molar-refractivity contribution in [2.45, 2.75) is 45.6 Å². The lowest BCUT2D eigenvalue weighted by atomic mass is 10.0. The highest BCUT2D eigenvalue weighted by Gasteiger charge is 2.17. The lowest BCUT2D eigenvalue weighted by Gasteiger charge is -2.14. The van der Waals surface area contributed by atoms with Gasteiger partial charge in [0.15, 0.2) is 0 Å². The Morgan fingerprint density at radius 1 is 1.44 bits per heavy atom. The molecule has 1 aromatic rings. The van der Waals surface area contributed by atoms with Gasteiger partial charge in [0.25, 0.3) is 0 Å². The van der Waals surface area contributed by atoms with E-state index in [1.165, 1.54) is 24.2 Å². The fourth-order valence-corrected chi connectivity index (χ4v) is 2.37. The van der Waals surface area contributed by atoms with Gasteiger partial charge >= 0.3 is 0 Å². The first-order valence-corrected chi connectivity index (χ1v) is 5.98. The Hall–Kier alpha value is -1.32. The van der Waals surface area contributed by atoms with Crippen molar-refractivity contribution in [3.05, 3.63) is 17.2 Å². The van der Waals surface area contributed by atoms with Crippen LogP contribution in [0.15, 0.2) is 0 Å². The summed E-state index contributed by atoms with van der Waals surface area (Å²) in [6, 6.07) is 0. The maximum atomic E-state index is 11.2. The van der Waals surface area contributed by atoms with E-state index >= 15 is 0 Å². The van der Waals surface area contributed by atoms with Gasteiger partial charge in [-0.3, -0.25) is 4.79 Å². The molecule has 1 aliphatic rings. The summed E-state index contributed by atoms with van der Waals surface area (Å²) in [5, 5.41) is 2.65. The molecule has 0 bridgehead atoms. The molecule has 4 nitrogen and oxygen atoms in total. The zero-order valence-corrected chi connectivity index (χ0v) is 10.0. The summed E-state index contributed by atoms with van der Waals surface area (Å²) in [5.74, 6) is 1.15. The van der Waals surface area contributed by atoms with Crippen molar-refractivity contribution < 1.29 is 4.79 Å². The second-order valence-electron chi connectivity index (χ2n) is 4.33. The Labute approximate surface area is 96.1 Å². The van der Waals surface area contributed by atoms with Gasteiger partial charge in [-0.25, -0.2) is 4.98 Å². The minimum Gasteiger partial charge on any atom is -0.359 e. The van der Waals surface area contributed by atoms with Gasteiger partial charge in [-0.2, -0.15) is 0 Å². The van der Waals surface area contributed by atoms with Crippen LogP contribution in [0, 0.1) is 6.92 Å². The first-order valence-electron chi connectivity index (χ1n) is 5.98. The molecule has 0 atom stereocenters. The van der Waals surface area contributed by atoms with Crippen LogP contribution in [-0.4, -0.2) is 22.5 Å². The Morgan fingerprint density at radius 2 is 2.19 bits per heavy atom. The standard InChI is InChI=1S/C12H19N3O/c1-9-14-10-5-3-4-6-11(10)15(9)8-7-12(16)13-2/h3-8H2,1-2H3,(H,13,16). The predicted molar refractivity (Wildman–Crippen MR) is 62.3 cm³/mol. The van der Waals surface area contributed by atoms with E-state index in [0.29, 0.717) is 6.42 Å². The number of amides is 1. The minimum absolute atomic E-state index is 0.0951. The van der Waals surface area contributed by atoms with Gasteiger partial charge in [-0.05, 0) is 32.6 Å². The van der Waals surface area contributed by atoms with Crippen molar-refractivity contribution in [3.63, 3.8) is 0 Å². The summed E-state index contributed by atoms with van der Waals surface area (Å²) in [6.07, 6.45) is 5.25. The van der Waals surface area contributed by atoms with Crippen LogP contribution in [0.4, 0.5) is 0 Å². The maximum absolute atomic E-state index is 11.2. The zero-order chi connectivity index (χ0) is 11.5. The highest BCUT2D eigenvalue weighted by atomic mass is 16.1. The molecule has 0 radical (unpaired) electrons. The van der Waals surface area contributed by atoms with Crippen molar-refractivity contribution in [1.29, 1.82) is 0 Å². The van der Waals surface area contributed by atoms with Crippen molar-refractivity contribution in [3.8, 4) is 0 Å². The average Bonchev–Trinajstić information content (AvgIpc) is 2.62. The first kappa shape index (κ1) is 11.2. The number of hydrogen-bond acceptors (Lipinski definition) is 2. The molecule has 0 unspecified atom stereocenters. The van der Waals surface area contributed by atoms with Gasteiger partial charge in [0, 0.05) is 25.7 Å². The lowest BCUT2D eigenvalue weighted by Crippen LogP contribution is -2.20. The summed E-state index contributed by atoms with van der Waals surface area (Å²) >= 11 is 0. The number of aryl methyl sites for hydroxylation is 2. The third kappa shape index (κ3) is 2.10. The summed E-state index contributed by atoms with van der Waals surface area (Å²) in [7, 11) is 1.68. The quantitative estimate of drug-likeness (QED) is 0.834. The molecule has 0 fully saturated rings. The molecule has 1 aliphatic carbocycles. The number of fused-ring (bicyclic) bond motifs is 1.